The first kappa shape index (κ1) is 12.7. The standard InChI is InChI=1S/C11H15BrN4S/c1-3-17-7-8(2)14-10-11-13-4-5-16(11)6-9(12)15-10/h4-6,8H,3,7H2,1-2H3,(H,14,15). The van der Waals surface area contributed by atoms with E-state index in [-0.39, 0.29) is 0 Å². The molecule has 0 spiro atoms. The van der Waals surface area contributed by atoms with E-state index in [2.05, 4.69) is 45.1 Å². The molecule has 0 aromatic carbocycles. The topological polar surface area (TPSA) is 42.2 Å². The summed E-state index contributed by atoms with van der Waals surface area (Å²) >= 11 is 5.32. The summed E-state index contributed by atoms with van der Waals surface area (Å²) < 4.78 is 2.76. The summed E-state index contributed by atoms with van der Waals surface area (Å²) in [6.07, 6.45) is 5.59. The van der Waals surface area contributed by atoms with E-state index >= 15 is 0 Å². The Morgan fingerprint density at radius 3 is 3.18 bits per heavy atom. The van der Waals surface area contributed by atoms with E-state index < -0.39 is 0 Å². The van der Waals surface area contributed by atoms with Gasteiger partial charge in [-0.05, 0) is 28.6 Å². The fourth-order valence-electron chi connectivity index (χ4n) is 1.57. The number of aromatic nitrogens is 3. The predicted octanol–water partition coefficient (Wildman–Crippen LogP) is 3.05. The highest BCUT2D eigenvalue weighted by molar-refractivity contribution is 9.10. The molecule has 2 heterocycles. The average molecular weight is 315 g/mol. The fraction of sp³-hybridized carbons (Fsp3) is 0.455. The SMILES string of the molecule is CCSCC(C)Nc1nc(Br)cn2ccnc12. The zero-order valence-electron chi connectivity index (χ0n) is 9.85. The Morgan fingerprint density at radius 1 is 1.59 bits per heavy atom. The second-order valence-corrected chi connectivity index (χ2v) is 5.91. The van der Waals surface area contributed by atoms with Gasteiger partial charge in [0, 0.05) is 30.4 Å². The van der Waals surface area contributed by atoms with Gasteiger partial charge >= 0.3 is 0 Å². The quantitative estimate of drug-likeness (QED) is 0.921. The normalized spacial score (nSPS) is 12.9. The van der Waals surface area contributed by atoms with Crippen molar-refractivity contribution in [2.24, 2.45) is 0 Å². The Morgan fingerprint density at radius 2 is 2.41 bits per heavy atom. The zero-order chi connectivity index (χ0) is 12.3. The molecule has 0 bridgehead atoms. The molecule has 0 amide bonds. The van der Waals surface area contributed by atoms with Crippen LogP contribution < -0.4 is 5.32 Å². The molecule has 0 saturated heterocycles. The van der Waals surface area contributed by atoms with Gasteiger partial charge in [-0.2, -0.15) is 11.8 Å². The molecule has 0 radical (unpaired) electrons. The molecule has 0 saturated carbocycles. The highest BCUT2D eigenvalue weighted by Crippen LogP contribution is 2.18. The van der Waals surface area contributed by atoms with E-state index in [4.69, 9.17) is 0 Å². The Labute approximate surface area is 113 Å². The maximum absolute atomic E-state index is 4.43. The second kappa shape index (κ2) is 5.73. The maximum Gasteiger partial charge on any atom is 0.180 e. The summed E-state index contributed by atoms with van der Waals surface area (Å²) in [6.45, 7) is 4.33. The first-order valence-corrected chi connectivity index (χ1v) is 7.49. The first-order valence-electron chi connectivity index (χ1n) is 5.54. The van der Waals surface area contributed by atoms with Gasteiger partial charge in [-0.25, -0.2) is 9.97 Å². The number of hydrogen-bond donors (Lipinski definition) is 1. The summed E-state index contributed by atoms with van der Waals surface area (Å²) in [4.78, 5) is 8.74. The van der Waals surface area contributed by atoms with Crippen molar-refractivity contribution in [3.05, 3.63) is 23.2 Å². The van der Waals surface area contributed by atoms with Crippen molar-refractivity contribution in [2.75, 3.05) is 16.8 Å². The number of halogens is 1. The highest BCUT2D eigenvalue weighted by atomic mass is 79.9. The first-order chi connectivity index (χ1) is 8.20. The van der Waals surface area contributed by atoms with Crippen molar-refractivity contribution in [1.82, 2.24) is 14.4 Å². The highest BCUT2D eigenvalue weighted by Gasteiger charge is 2.09. The van der Waals surface area contributed by atoms with Crippen LogP contribution >= 0.6 is 27.7 Å². The third kappa shape index (κ3) is 3.13. The van der Waals surface area contributed by atoms with Gasteiger partial charge in [0.2, 0.25) is 0 Å². The van der Waals surface area contributed by atoms with E-state index in [1.54, 1.807) is 6.20 Å². The minimum absolute atomic E-state index is 0.377. The van der Waals surface area contributed by atoms with Crippen LogP contribution in [0, 0.1) is 0 Å². The van der Waals surface area contributed by atoms with Gasteiger partial charge in [-0.3, -0.25) is 0 Å². The smallest absolute Gasteiger partial charge is 0.180 e. The van der Waals surface area contributed by atoms with Crippen molar-refractivity contribution in [1.29, 1.82) is 0 Å². The Bertz CT molecular complexity index is 499. The molecule has 0 aliphatic rings. The van der Waals surface area contributed by atoms with Crippen LogP contribution in [-0.2, 0) is 0 Å². The molecule has 92 valence electrons. The summed E-state index contributed by atoms with van der Waals surface area (Å²) in [5.74, 6) is 3.03. The number of imidazole rings is 1. The molecule has 2 rings (SSSR count). The van der Waals surface area contributed by atoms with E-state index in [9.17, 15) is 0 Å². The van der Waals surface area contributed by atoms with Crippen LogP contribution in [0.2, 0.25) is 0 Å². The molecule has 2 aromatic rings. The predicted molar refractivity (Wildman–Crippen MR) is 76.8 cm³/mol. The third-order valence-electron chi connectivity index (χ3n) is 2.30. The molecule has 0 fully saturated rings. The van der Waals surface area contributed by atoms with Crippen molar-refractivity contribution in [3.63, 3.8) is 0 Å². The monoisotopic (exact) mass is 314 g/mol. The van der Waals surface area contributed by atoms with Crippen LogP contribution in [0.15, 0.2) is 23.2 Å². The lowest BCUT2D eigenvalue weighted by atomic mass is 10.4. The zero-order valence-corrected chi connectivity index (χ0v) is 12.3. The summed E-state index contributed by atoms with van der Waals surface area (Å²) in [7, 11) is 0. The van der Waals surface area contributed by atoms with Crippen molar-refractivity contribution in [3.8, 4) is 0 Å². The number of thioether (sulfide) groups is 1. The molecule has 17 heavy (non-hydrogen) atoms. The molecule has 4 nitrogen and oxygen atoms in total. The molecule has 0 aliphatic heterocycles. The van der Waals surface area contributed by atoms with Crippen LogP contribution in [0.1, 0.15) is 13.8 Å². The lowest BCUT2D eigenvalue weighted by Crippen LogP contribution is -2.19. The van der Waals surface area contributed by atoms with E-state index in [0.29, 0.717) is 6.04 Å². The number of nitrogens with one attached hydrogen (secondary N) is 1. The van der Waals surface area contributed by atoms with Gasteiger partial charge in [0.1, 0.15) is 4.60 Å². The van der Waals surface area contributed by atoms with Crippen molar-refractivity contribution in [2.45, 2.75) is 19.9 Å². The molecule has 1 N–H and O–H groups in total. The van der Waals surface area contributed by atoms with Gasteiger partial charge < -0.3 is 9.72 Å². The van der Waals surface area contributed by atoms with E-state index in [0.717, 1.165) is 27.6 Å². The van der Waals surface area contributed by atoms with Gasteiger partial charge in [-0.15, -0.1) is 0 Å². The van der Waals surface area contributed by atoms with Crippen LogP contribution in [0.5, 0.6) is 0 Å². The Balaban J connectivity index is 2.19. The summed E-state index contributed by atoms with van der Waals surface area (Å²) in [6, 6.07) is 0.377. The largest absolute Gasteiger partial charge is 0.364 e. The molecular formula is C11H15BrN4S. The number of rotatable bonds is 5. The summed E-state index contributed by atoms with van der Waals surface area (Å²) in [5.41, 5.74) is 0.863. The average Bonchev–Trinajstić information content (AvgIpc) is 2.74. The molecule has 2 aromatic heterocycles. The van der Waals surface area contributed by atoms with Crippen LogP contribution in [0.4, 0.5) is 5.82 Å². The van der Waals surface area contributed by atoms with Gasteiger partial charge in [0.25, 0.3) is 0 Å². The Kier molecular flexibility index (Phi) is 4.28. The molecule has 1 unspecified atom stereocenters. The number of fused-ring (bicyclic) bond motifs is 1. The van der Waals surface area contributed by atoms with Crippen LogP contribution in [0.3, 0.4) is 0 Å². The minimum Gasteiger partial charge on any atom is -0.364 e. The lowest BCUT2D eigenvalue weighted by Gasteiger charge is -2.14. The Hall–Kier alpha value is -0.750. The number of hydrogen-bond acceptors (Lipinski definition) is 4. The van der Waals surface area contributed by atoms with E-state index in [1.165, 1.54) is 0 Å². The molecule has 0 aliphatic carbocycles. The van der Waals surface area contributed by atoms with E-state index in [1.807, 2.05) is 28.6 Å². The molecule has 6 heteroatoms. The number of nitrogens with zero attached hydrogens (tertiary/aromatic N) is 3. The van der Waals surface area contributed by atoms with Crippen LogP contribution in [-0.4, -0.2) is 31.9 Å². The maximum atomic E-state index is 4.43. The van der Waals surface area contributed by atoms with Crippen LogP contribution in [0.25, 0.3) is 5.65 Å². The van der Waals surface area contributed by atoms with Crippen molar-refractivity contribution >= 4 is 39.2 Å². The molecule has 1 atom stereocenters. The second-order valence-electron chi connectivity index (χ2n) is 3.78. The minimum atomic E-state index is 0.377. The van der Waals surface area contributed by atoms with Gasteiger partial charge in [-0.1, -0.05) is 6.92 Å². The lowest BCUT2D eigenvalue weighted by molar-refractivity contribution is 0.897. The van der Waals surface area contributed by atoms with Gasteiger partial charge in [0.15, 0.2) is 11.5 Å². The van der Waals surface area contributed by atoms with Crippen molar-refractivity contribution < 1.29 is 0 Å². The molecular weight excluding hydrogens is 300 g/mol. The number of anilines is 1. The summed E-state index contributed by atoms with van der Waals surface area (Å²) in [5, 5.41) is 3.40. The fourth-order valence-corrected chi connectivity index (χ4v) is 2.64. The van der Waals surface area contributed by atoms with Gasteiger partial charge in [0.05, 0.1) is 0 Å². The third-order valence-corrected chi connectivity index (χ3v) is 3.83.